The smallest absolute Gasteiger partial charge is 0.304 e. The third kappa shape index (κ3) is 4.41. The van der Waals surface area contributed by atoms with Crippen molar-refractivity contribution in [2.75, 3.05) is 6.54 Å². The molecule has 0 aliphatic rings. The van der Waals surface area contributed by atoms with E-state index in [1.165, 1.54) is 11.3 Å². The molecular formula is C15H20N2O3S. The van der Waals surface area contributed by atoms with Crippen LogP contribution in [0.15, 0.2) is 28.2 Å². The minimum Gasteiger partial charge on any atom is -0.481 e. The summed E-state index contributed by atoms with van der Waals surface area (Å²) in [6.45, 7) is 7.37. The standard InChI is InChI=1S/C15H20N2O3S/c1-15(2,3)17(7-6-13(18)19)9-11-10-21-14(16-11)12-5-4-8-20-12/h4-5,8,10H,6-7,9H2,1-3H3,(H,18,19). The van der Waals surface area contributed by atoms with Gasteiger partial charge in [-0.05, 0) is 32.9 Å². The van der Waals surface area contributed by atoms with Crippen LogP contribution in [-0.4, -0.2) is 33.0 Å². The summed E-state index contributed by atoms with van der Waals surface area (Å²) in [5, 5.41) is 11.7. The van der Waals surface area contributed by atoms with E-state index in [1.807, 2.05) is 17.5 Å². The van der Waals surface area contributed by atoms with Crippen molar-refractivity contribution in [3.8, 4) is 10.8 Å². The highest BCUT2D eigenvalue weighted by molar-refractivity contribution is 7.13. The number of hydrogen-bond acceptors (Lipinski definition) is 5. The van der Waals surface area contributed by atoms with Gasteiger partial charge in [-0.3, -0.25) is 9.69 Å². The number of rotatable bonds is 6. The number of carbonyl (C=O) groups is 1. The highest BCUT2D eigenvalue weighted by atomic mass is 32.1. The average Bonchev–Trinajstić information content (AvgIpc) is 3.03. The van der Waals surface area contributed by atoms with Crippen LogP contribution >= 0.6 is 11.3 Å². The van der Waals surface area contributed by atoms with E-state index in [4.69, 9.17) is 9.52 Å². The maximum atomic E-state index is 10.8. The zero-order valence-electron chi connectivity index (χ0n) is 12.5. The maximum Gasteiger partial charge on any atom is 0.304 e. The lowest BCUT2D eigenvalue weighted by atomic mass is 10.1. The monoisotopic (exact) mass is 308 g/mol. The van der Waals surface area contributed by atoms with Gasteiger partial charge in [-0.2, -0.15) is 0 Å². The van der Waals surface area contributed by atoms with Gasteiger partial charge in [0.1, 0.15) is 0 Å². The molecule has 5 nitrogen and oxygen atoms in total. The summed E-state index contributed by atoms with van der Waals surface area (Å²) in [7, 11) is 0. The SMILES string of the molecule is CC(C)(C)N(CCC(=O)O)Cc1csc(-c2ccco2)n1. The molecule has 2 aromatic rings. The summed E-state index contributed by atoms with van der Waals surface area (Å²) in [5.41, 5.74) is 0.830. The molecule has 0 unspecified atom stereocenters. The number of hydrogen-bond donors (Lipinski definition) is 1. The normalized spacial score (nSPS) is 12.0. The van der Waals surface area contributed by atoms with Gasteiger partial charge in [0.2, 0.25) is 0 Å². The molecule has 0 aromatic carbocycles. The van der Waals surface area contributed by atoms with Gasteiger partial charge in [0.25, 0.3) is 0 Å². The summed E-state index contributed by atoms with van der Waals surface area (Å²) in [5.74, 6) is -0.0158. The van der Waals surface area contributed by atoms with E-state index in [0.29, 0.717) is 13.1 Å². The van der Waals surface area contributed by atoms with Crippen LogP contribution in [0.5, 0.6) is 0 Å². The zero-order valence-corrected chi connectivity index (χ0v) is 13.3. The molecule has 0 saturated carbocycles. The summed E-state index contributed by atoms with van der Waals surface area (Å²) < 4.78 is 5.34. The van der Waals surface area contributed by atoms with Crippen molar-refractivity contribution in [2.24, 2.45) is 0 Å². The molecule has 0 saturated heterocycles. The summed E-state index contributed by atoms with van der Waals surface area (Å²) in [4.78, 5) is 17.5. The van der Waals surface area contributed by atoms with Crippen molar-refractivity contribution in [1.82, 2.24) is 9.88 Å². The topological polar surface area (TPSA) is 66.6 Å². The second-order valence-electron chi connectivity index (χ2n) is 5.86. The maximum absolute atomic E-state index is 10.8. The third-order valence-electron chi connectivity index (χ3n) is 3.18. The van der Waals surface area contributed by atoms with Crippen molar-refractivity contribution >= 4 is 17.3 Å². The lowest BCUT2D eigenvalue weighted by molar-refractivity contribution is -0.137. The molecule has 6 heteroatoms. The molecule has 21 heavy (non-hydrogen) atoms. The largest absolute Gasteiger partial charge is 0.481 e. The van der Waals surface area contributed by atoms with Crippen molar-refractivity contribution < 1.29 is 14.3 Å². The minimum absolute atomic E-state index is 0.107. The highest BCUT2D eigenvalue weighted by Crippen LogP contribution is 2.26. The molecule has 2 rings (SSSR count). The average molecular weight is 308 g/mol. The van der Waals surface area contributed by atoms with Gasteiger partial charge in [0, 0.05) is 24.0 Å². The molecule has 0 fully saturated rings. The molecule has 0 atom stereocenters. The Morgan fingerprint density at radius 1 is 1.48 bits per heavy atom. The van der Waals surface area contributed by atoms with Crippen molar-refractivity contribution in [3.63, 3.8) is 0 Å². The van der Waals surface area contributed by atoms with Crippen molar-refractivity contribution in [3.05, 3.63) is 29.5 Å². The Bertz CT molecular complexity index is 584. The first-order valence-electron chi connectivity index (χ1n) is 6.81. The van der Waals surface area contributed by atoms with Crippen LogP contribution < -0.4 is 0 Å². The fourth-order valence-electron chi connectivity index (χ4n) is 1.97. The number of aliphatic carboxylic acids is 1. The fraction of sp³-hybridized carbons (Fsp3) is 0.467. The van der Waals surface area contributed by atoms with Gasteiger partial charge >= 0.3 is 5.97 Å². The van der Waals surface area contributed by atoms with E-state index in [0.717, 1.165) is 16.5 Å². The molecular weight excluding hydrogens is 288 g/mol. The van der Waals surface area contributed by atoms with Crippen molar-refractivity contribution in [2.45, 2.75) is 39.3 Å². The van der Waals surface area contributed by atoms with Gasteiger partial charge in [-0.25, -0.2) is 4.98 Å². The molecule has 1 N–H and O–H groups in total. The number of carboxylic acids is 1. The van der Waals surface area contributed by atoms with E-state index in [1.54, 1.807) is 6.26 Å². The van der Waals surface area contributed by atoms with Crippen LogP contribution in [0.2, 0.25) is 0 Å². The van der Waals surface area contributed by atoms with Gasteiger partial charge in [0.15, 0.2) is 10.8 Å². The lowest BCUT2D eigenvalue weighted by Gasteiger charge is -2.34. The Hall–Kier alpha value is -1.66. The fourth-order valence-corrected chi connectivity index (χ4v) is 2.75. The van der Waals surface area contributed by atoms with Gasteiger partial charge < -0.3 is 9.52 Å². The first-order chi connectivity index (χ1) is 9.86. The van der Waals surface area contributed by atoms with Gasteiger partial charge in [-0.1, -0.05) is 0 Å². The van der Waals surface area contributed by atoms with Crippen LogP contribution in [0, 0.1) is 0 Å². The van der Waals surface area contributed by atoms with E-state index in [2.05, 4.69) is 30.7 Å². The van der Waals surface area contributed by atoms with E-state index in [-0.39, 0.29) is 12.0 Å². The van der Waals surface area contributed by atoms with Crippen LogP contribution in [0.25, 0.3) is 10.8 Å². The highest BCUT2D eigenvalue weighted by Gasteiger charge is 2.23. The Labute approximate surface area is 128 Å². The number of thiazole rings is 1. The Morgan fingerprint density at radius 3 is 2.81 bits per heavy atom. The Morgan fingerprint density at radius 2 is 2.24 bits per heavy atom. The first-order valence-corrected chi connectivity index (χ1v) is 7.69. The summed E-state index contributed by atoms with van der Waals surface area (Å²) in [6.07, 6.45) is 1.76. The molecule has 0 radical (unpaired) electrons. The molecule has 0 aliphatic heterocycles. The van der Waals surface area contributed by atoms with Crippen molar-refractivity contribution in [1.29, 1.82) is 0 Å². The number of nitrogens with zero attached hydrogens (tertiary/aromatic N) is 2. The second kappa shape index (κ2) is 6.41. The predicted octanol–water partition coefficient (Wildman–Crippen LogP) is 3.48. The molecule has 0 spiro atoms. The van der Waals surface area contributed by atoms with E-state index < -0.39 is 5.97 Å². The molecule has 0 aliphatic carbocycles. The predicted molar refractivity (Wildman–Crippen MR) is 82.2 cm³/mol. The number of aromatic nitrogens is 1. The minimum atomic E-state index is -0.779. The Balaban J connectivity index is 2.08. The third-order valence-corrected chi connectivity index (χ3v) is 4.09. The molecule has 2 aromatic heterocycles. The summed E-state index contributed by atoms with van der Waals surface area (Å²) in [6, 6.07) is 3.72. The molecule has 0 bridgehead atoms. The van der Waals surface area contributed by atoms with Gasteiger partial charge in [-0.15, -0.1) is 11.3 Å². The molecule has 114 valence electrons. The van der Waals surface area contributed by atoms with E-state index >= 15 is 0 Å². The van der Waals surface area contributed by atoms with Gasteiger partial charge in [0.05, 0.1) is 18.4 Å². The first kappa shape index (κ1) is 15.7. The second-order valence-corrected chi connectivity index (χ2v) is 6.72. The molecule has 0 amide bonds. The lowest BCUT2D eigenvalue weighted by Crippen LogP contribution is -2.42. The number of carboxylic acid groups (broad SMARTS) is 1. The zero-order chi connectivity index (χ0) is 15.5. The summed E-state index contributed by atoms with van der Waals surface area (Å²) >= 11 is 1.54. The number of furan rings is 1. The Kier molecular flexibility index (Phi) is 4.80. The molecule has 2 heterocycles. The van der Waals surface area contributed by atoms with Crippen LogP contribution in [-0.2, 0) is 11.3 Å². The van der Waals surface area contributed by atoms with Crippen LogP contribution in [0.1, 0.15) is 32.9 Å². The van der Waals surface area contributed by atoms with Crippen LogP contribution in [0.4, 0.5) is 0 Å². The van der Waals surface area contributed by atoms with Crippen LogP contribution in [0.3, 0.4) is 0 Å². The quantitative estimate of drug-likeness (QED) is 0.885. The van der Waals surface area contributed by atoms with E-state index in [9.17, 15) is 4.79 Å².